The smallest absolute Gasteiger partial charge is 0.253 e. The maximum absolute atomic E-state index is 11.7. The lowest BCUT2D eigenvalue weighted by Gasteiger charge is -2.06. The van der Waals surface area contributed by atoms with Crippen LogP contribution < -0.4 is 5.32 Å². The van der Waals surface area contributed by atoms with Gasteiger partial charge in [0.15, 0.2) is 0 Å². The molecular weight excluding hydrogens is 301 g/mol. The van der Waals surface area contributed by atoms with E-state index in [0.29, 0.717) is 26.1 Å². The Morgan fingerprint density at radius 2 is 2.00 bits per heavy atom. The van der Waals surface area contributed by atoms with Gasteiger partial charge in [0.25, 0.3) is 5.91 Å². The number of rotatable bonds is 2. The zero-order valence-electron chi connectivity index (χ0n) is 7.69. The summed E-state index contributed by atoms with van der Waals surface area (Å²) in [5.74, 6) is -0.156. The van der Waals surface area contributed by atoms with Gasteiger partial charge in [0, 0.05) is 10.5 Å². The molecule has 1 saturated carbocycles. The third-order valence-electron chi connectivity index (χ3n) is 2.17. The second kappa shape index (κ2) is 4.32. The minimum absolute atomic E-state index is 0.156. The molecule has 0 unspecified atom stereocenters. The maximum atomic E-state index is 11.7. The number of nitrogens with one attached hydrogen (secondary N) is 1. The van der Waals surface area contributed by atoms with Gasteiger partial charge >= 0.3 is 0 Å². The van der Waals surface area contributed by atoms with E-state index in [9.17, 15) is 4.79 Å². The van der Waals surface area contributed by atoms with E-state index in [0.717, 1.165) is 12.8 Å². The van der Waals surface area contributed by atoms with Gasteiger partial charge < -0.3 is 5.32 Å². The number of carbonyl (C=O) groups is 1. The number of hydrogen-bond donors (Lipinski definition) is 1. The molecular formula is C10H8BrCl2NO. The van der Waals surface area contributed by atoms with E-state index in [1.165, 1.54) is 0 Å². The van der Waals surface area contributed by atoms with Crippen LogP contribution in [0.4, 0.5) is 0 Å². The van der Waals surface area contributed by atoms with Gasteiger partial charge in [0.1, 0.15) is 0 Å². The lowest BCUT2D eigenvalue weighted by atomic mass is 10.2. The third kappa shape index (κ3) is 2.65. The minimum atomic E-state index is -0.156. The summed E-state index contributed by atoms with van der Waals surface area (Å²) in [6, 6.07) is 3.52. The molecule has 0 spiro atoms. The Morgan fingerprint density at radius 3 is 2.60 bits per heavy atom. The summed E-state index contributed by atoms with van der Waals surface area (Å²) >= 11 is 15.1. The molecule has 1 aliphatic rings. The fourth-order valence-electron chi connectivity index (χ4n) is 1.19. The first-order valence-corrected chi connectivity index (χ1v) is 6.08. The zero-order chi connectivity index (χ0) is 11.0. The van der Waals surface area contributed by atoms with Gasteiger partial charge in [-0.15, -0.1) is 0 Å². The summed E-state index contributed by atoms with van der Waals surface area (Å²) in [7, 11) is 0. The second-order valence-corrected chi connectivity index (χ2v) is 5.16. The van der Waals surface area contributed by atoms with Gasteiger partial charge in [-0.05, 0) is 40.9 Å². The third-order valence-corrected chi connectivity index (χ3v) is 3.68. The molecule has 0 aliphatic heterocycles. The van der Waals surface area contributed by atoms with Crippen LogP contribution in [0.2, 0.25) is 10.0 Å². The standard InChI is InChI=1S/C10H8BrCl2NO/c11-7-4-8(12)6(3-9(7)13)10(15)14-5-1-2-5/h3-5H,1-2H2,(H,14,15). The molecule has 1 aliphatic carbocycles. The quantitative estimate of drug-likeness (QED) is 0.830. The van der Waals surface area contributed by atoms with Crippen molar-refractivity contribution < 1.29 is 4.79 Å². The summed E-state index contributed by atoms with van der Waals surface area (Å²) in [6.07, 6.45) is 2.10. The van der Waals surface area contributed by atoms with Gasteiger partial charge in [-0.1, -0.05) is 23.2 Å². The van der Waals surface area contributed by atoms with Gasteiger partial charge in [0.2, 0.25) is 0 Å². The Bertz CT molecular complexity index is 418. The van der Waals surface area contributed by atoms with Gasteiger partial charge in [-0.2, -0.15) is 0 Å². The van der Waals surface area contributed by atoms with Crippen LogP contribution >= 0.6 is 39.1 Å². The van der Waals surface area contributed by atoms with E-state index in [2.05, 4.69) is 21.2 Å². The molecule has 0 saturated heterocycles. The van der Waals surface area contributed by atoms with E-state index in [-0.39, 0.29) is 5.91 Å². The molecule has 0 bridgehead atoms. The van der Waals surface area contributed by atoms with Crippen LogP contribution in [0, 0.1) is 0 Å². The van der Waals surface area contributed by atoms with Crippen molar-refractivity contribution >= 4 is 45.0 Å². The molecule has 2 nitrogen and oxygen atoms in total. The molecule has 1 fully saturated rings. The van der Waals surface area contributed by atoms with E-state index in [1.54, 1.807) is 12.1 Å². The van der Waals surface area contributed by atoms with Crippen molar-refractivity contribution in [3.05, 3.63) is 32.2 Å². The fraction of sp³-hybridized carbons (Fsp3) is 0.300. The number of halogens is 3. The van der Waals surface area contributed by atoms with Crippen LogP contribution in [-0.2, 0) is 0 Å². The van der Waals surface area contributed by atoms with Crippen molar-refractivity contribution in [3.8, 4) is 0 Å². The van der Waals surface area contributed by atoms with Gasteiger partial charge in [-0.3, -0.25) is 4.79 Å². The SMILES string of the molecule is O=C(NC1CC1)c1cc(Cl)c(Br)cc1Cl. The Hall–Kier alpha value is -0.250. The predicted molar refractivity (Wildman–Crippen MR) is 64.7 cm³/mol. The maximum Gasteiger partial charge on any atom is 0.253 e. The molecule has 2 rings (SSSR count). The first-order chi connectivity index (χ1) is 7.08. The van der Waals surface area contributed by atoms with Gasteiger partial charge in [0.05, 0.1) is 15.6 Å². The van der Waals surface area contributed by atoms with E-state index in [4.69, 9.17) is 23.2 Å². The van der Waals surface area contributed by atoms with Crippen molar-refractivity contribution in [1.82, 2.24) is 5.32 Å². The molecule has 0 heterocycles. The first-order valence-electron chi connectivity index (χ1n) is 4.53. The lowest BCUT2D eigenvalue weighted by Crippen LogP contribution is -2.25. The highest BCUT2D eigenvalue weighted by molar-refractivity contribution is 9.10. The molecule has 1 amide bonds. The Balaban J connectivity index is 2.25. The van der Waals surface area contributed by atoms with Crippen molar-refractivity contribution in [2.24, 2.45) is 0 Å². The monoisotopic (exact) mass is 307 g/mol. The van der Waals surface area contributed by atoms with Crippen LogP contribution in [0.5, 0.6) is 0 Å². The molecule has 1 aromatic carbocycles. The largest absolute Gasteiger partial charge is 0.349 e. The van der Waals surface area contributed by atoms with Crippen molar-refractivity contribution in [2.75, 3.05) is 0 Å². The number of amides is 1. The Labute approximate surface area is 106 Å². The number of carbonyl (C=O) groups excluding carboxylic acids is 1. The fourth-order valence-corrected chi connectivity index (χ4v) is 2.08. The summed E-state index contributed by atoms with van der Waals surface area (Å²) in [5, 5.41) is 3.75. The highest BCUT2D eigenvalue weighted by Crippen LogP contribution is 2.30. The minimum Gasteiger partial charge on any atom is -0.349 e. The topological polar surface area (TPSA) is 29.1 Å². The van der Waals surface area contributed by atoms with Crippen LogP contribution in [0.15, 0.2) is 16.6 Å². The predicted octanol–water partition coefficient (Wildman–Crippen LogP) is 3.65. The summed E-state index contributed by atoms with van der Waals surface area (Å²) in [6.45, 7) is 0. The van der Waals surface area contributed by atoms with Crippen molar-refractivity contribution in [1.29, 1.82) is 0 Å². The zero-order valence-corrected chi connectivity index (χ0v) is 10.8. The van der Waals surface area contributed by atoms with Crippen molar-refractivity contribution in [3.63, 3.8) is 0 Å². The molecule has 15 heavy (non-hydrogen) atoms. The van der Waals surface area contributed by atoms with Crippen LogP contribution in [0.25, 0.3) is 0 Å². The van der Waals surface area contributed by atoms with Crippen LogP contribution in [0.1, 0.15) is 23.2 Å². The van der Waals surface area contributed by atoms with E-state index >= 15 is 0 Å². The number of benzene rings is 1. The summed E-state index contributed by atoms with van der Waals surface area (Å²) < 4.78 is 0.692. The van der Waals surface area contributed by atoms with Crippen molar-refractivity contribution in [2.45, 2.75) is 18.9 Å². The normalized spacial score (nSPS) is 15.1. The molecule has 0 radical (unpaired) electrons. The lowest BCUT2D eigenvalue weighted by molar-refractivity contribution is 0.0951. The molecule has 5 heteroatoms. The van der Waals surface area contributed by atoms with Crippen LogP contribution in [-0.4, -0.2) is 11.9 Å². The first kappa shape index (κ1) is 11.2. The highest BCUT2D eigenvalue weighted by atomic mass is 79.9. The Kier molecular flexibility index (Phi) is 3.24. The summed E-state index contributed by atoms with van der Waals surface area (Å²) in [5.41, 5.74) is 0.428. The van der Waals surface area contributed by atoms with E-state index in [1.807, 2.05) is 0 Å². The highest BCUT2D eigenvalue weighted by Gasteiger charge is 2.25. The molecule has 0 atom stereocenters. The second-order valence-electron chi connectivity index (χ2n) is 3.49. The number of hydrogen-bond acceptors (Lipinski definition) is 1. The van der Waals surface area contributed by atoms with Crippen LogP contribution in [0.3, 0.4) is 0 Å². The van der Waals surface area contributed by atoms with E-state index < -0.39 is 0 Å². The molecule has 0 aromatic heterocycles. The summed E-state index contributed by atoms with van der Waals surface area (Å²) in [4.78, 5) is 11.7. The Morgan fingerprint density at radius 1 is 1.33 bits per heavy atom. The molecule has 80 valence electrons. The average Bonchev–Trinajstić information content (AvgIpc) is 2.95. The molecule has 1 aromatic rings. The average molecular weight is 309 g/mol. The van der Waals surface area contributed by atoms with Gasteiger partial charge in [-0.25, -0.2) is 0 Å². The molecule has 1 N–H and O–H groups in total.